The van der Waals surface area contributed by atoms with Gasteiger partial charge in [0.05, 0.1) is 12.1 Å². The first-order valence-electron chi connectivity index (χ1n) is 7.31. The van der Waals surface area contributed by atoms with Crippen LogP contribution in [0.2, 0.25) is 5.02 Å². The Morgan fingerprint density at radius 3 is 2.90 bits per heavy atom. The Morgan fingerprint density at radius 1 is 1.50 bits per heavy atom. The maximum absolute atomic E-state index is 6.15. The molecule has 1 aliphatic heterocycles. The van der Waals surface area contributed by atoms with Crippen LogP contribution in [0.15, 0.2) is 18.2 Å². The van der Waals surface area contributed by atoms with E-state index in [-0.39, 0.29) is 4.75 Å². The summed E-state index contributed by atoms with van der Waals surface area (Å²) in [6.07, 6.45) is 3.70. The molecule has 1 aliphatic rings. The molecule has 1 fully saturated rings. The van der Waals surface area contributed by atoms with Crippen molar-refractivity contribution < 1.29 is 4.74 Å². The Balaban J connectivity index is 2.30. The molecule has 112 valence electrons. The molecular formula is C16H24ClNOS. The summed E-state index contributed by atoms with van der Waals surface area (Å²) in [4.78, 5) is 0. The third-order valence-electron chi connectivity index (χ3n) is 3.97. The lowest BCUT2D eigenvalue weighted by atomic mass is 9.90. The van der Waals surface area contributed by atoms with E-state index >= 15 is 0 Å². The summed E-state index contributed by atoms with van der Waals surface area (Å²) >= 11 is 8.23. The number of benzene rings is 1. The van der Waals surface area contributed by atoms with E-state index in [9.17, 15) is 0 Å². The van der Waals surface area contributed by atoms with Gasteiger partial charge in [-0.3, -0.25) is 0 Å². The van der Waals surface area contributed by atoms with Crippen molar-refractivity contribution in [2.45, 2.75) is 43.9 Å². The van der Waals surface area contributed by atoms with Gasteiger partial charge in [0, 0.05) is 10.8 Å². The van der Waals surface area contributed by atoms with Gasteiger partial charge in [-0.25, -0.2) is 0 Å². The number of ether oxygens (including phenoxy) is 1. The average molecular weight is 314 g/mol. The zero-order valence-electron chi connectivity index (χ0n) is 12.5. The minimum atomic E-state index is 0.258. The standard InChI is InChI=1S/C16H24ClNOS/c1-4-9-18-15(16(2)8-5-10-20-16)12-6-7-13(17)14(11-12)19-3/h6-7,11,15,18H,4-5,8-10H2,1-3H3. The van der Waals surface area contributed by atoms with Crippen LogP contribution in [0.3, 0.4) is 0 Å². The van der Waals surface area contributed by atoms with Crippen LogP contribution in [-0.2, 0) is 0 Å². The first-order chi connectivity index (χ1) is 9.60. The SMILES string of the molecule is CCCNC(c1ccc(Cl)c(OC)c1)C1(C)CCCS1. The summed E-state index contributed by atoms with van der Waals surface area (Å²) < 4.78 is 5.63. The molecule has 1 heterocycles. The molecule has 20 heavy (non-hydrogen) atoms. The number of hydrogen-bond acceptors (Lipinski definition) is 3. The lowest BCUT2D eigenvalue weighted by Crippen LogP contribution is -2.38. The quantitative estimate of drug-likeness (QED) is 0.824. The molecule has 1 N–H and O–H groups in total. The molecule has 0 aromatic heterocycles. The molecule has 0 saturated carbocycles. The van der Waals surface area contributed by atoms with E-state index in [1.54, 1.807) is 7.11 Å². The number of nitrogens with one attached hydrogen (secondary N) is 1. The number of thioether (sulfide) groups is 1. The van der Waals surface area contributed by atoms with Crippen LogP contribution in [0.25, 0.3) is 0 Å². The molecule has 0 bridgehead atoms. The molecule has 2 unspecified atom stereocenters. The average Bonchev–Trinajstić information content (AvgIpc) is 2.88. The fraction of sp³-hybridized carbons (Fsp3) is 0.625. The zero-order valence-corrected chi connectivity index (χ0v) is 14.1. The smallest absolute Gasteiger partial charge is 0.137 e. The van der Waals surface area contributed by atoms with Crippen LogP contribution in [0.1, 0.15) is 44.7 Å². The van der Waals surface area contributed by atoms with Crippen molar-refractivity contribution in [2.24, 2.45) is 0 Å². The molecule has 0 aliphatic carbocycles. The van der Waals surface area contributed by atoms with Gasteiger partial charge >= 0.3 is 0 Å². The van der Waals surface area contributed by atoms with Crippen molar-refractivity contribution in [1.82, 2.24) is 5.32 Å². The number of rotatable bonds is 6. The summed E-state index contributed by atoms with van der Waals surface area (Å²) in [5, 5.41) is 4.40. The largest absolute Gasteiger partial charge is 0.495 e. The van der Waals surface area contributed by atoms with Crippen molar-refractivity contribution in [1.29, 1.82) is 0 Å². The van der Waals surface area contributed by atoms with E-state index in [0.717, 1.165) is 18.7 Å². The van der Waals surface area contributed by atoms with E-state index < -0.39 is 0 Å². The fourth-order valence-electron chi connectivity index (χ4n) is 2.86. The Kier molecular flexibility index (Phi) is 5.65. The highest BCUT2D eigenvalue weighted by molar-refractivity contribution is 8.00. The van der Waals surface area contributed by atoms with E-state index in [0.29, 0.717) is 11.1 Å². The minimum absolute atomic E-state index is 0.258. The monoisotopic (exact) mass is 313 g/mol. The molecule has 2 atom stereocenters. The first-order valence-corrected chi connectivity index (χ1v) is 8.68. The van der Waals surface area contributed by atoms with Gasteiger partial charge in [-0.05, 0) is 56.2 Å². The Labute approximate surface area is 131 Å². The number of halogens is 1. The molecule has 2 nitrogen and oxygen atoms in total. The Morgan fingerprint density at radius 2 is 2.30 bits per heavy atom. The summed E-state index contributed by atoms with van der Waals surface area (Å²) in [6.45, 7) is 5.61. The van der Waals surface area contributed by atoms with E-state index in [4.69, 9.17) is 16.3 Å². The van der Waals surface area contributed by atoms with E-state index in [1.165, 1.54) is 24.2 Å². The maximum Gasteiger partial charge on any atom is 0.137 e. The highest BCUT2D eigenvalue weighted by Gasteiger charge is 2.38. The van der Waals surface area contributed by atoms with Crippen molar-refractivity contribution >= 4 is 23.4 Å². The van der Waals surface area contributed by atoms with E-state index in [2.05, 4.69) is 43.1 Å². The highest BCUT2D eigenvalue weighted by atomic mass is 35.5. The van der Waals surface area contributed by atoms with Gasteiger partial charge in [-0.15, -0.1) is 0 Å². The second-order valence-electron chi connectivity index (χ2n) is 5.55. The lowest BCUT2D eigenvalue weighted by Gasteiger charge is -2.35. The normalized spacial score (nSPS) is 23.8. The molecule has 1 saturated heterocycles. The van der Waals surface area contributed by atoms with E-state index in [1.807, 2.05) is 6.07 Å². The van der Waals surface area contributed by atoms with Crippen LogP contribution in [0, 0.1) is 0 Å². The van der Waals surface area contributed by atoms with Gasteiger partial charge in [0.1, 0.15) is 5.75 Å². The van der Waals surface area contributed by atoms with Gasteiger partial charge < -0.3 is 10.1 Å². The number of hydrogen-bond donors (Lipinski definition) is 1. The van der Waals surface area contributed by atoms with Crippen LogP contribution in [-0.4, -0.2) is 24.2 Å². The molecule has 0 radical (unpaired) electrons. The van der Waals surface area contributed by atoms with Crippen LogP contribution >= 0.6 is 23.4 Å². The van der Waals surface area contributed by atoms with Crippen molar-refractivity contribution in [3.8, 4) is 5.75 Å². The van der Waals surface area contributed by atoms with Crippen molar-refractivity contribution in [3.05, 3.63) is 28.8 Å². The topological polar surface area (TPSA) is 21.3 Å². The summed E-state index contributed by atoms with van der Waals surface area (Å²) in [7, 11) is 1.67. The third kappa shape index (κ3) is 3.44. The number of methoxy groups -OCH3 is 1. The predicted octanol–water partition coefficient (Wildman–Crippen LogP) is 4.68. The summed E-state index contributed by atoms with van der Waals surface area (Å²) in [6, 6.07) is 6.50. The second-order valence-corrected chi connectivity index (χ2v) is 7.58. The predicted molar refractivity (Wildman–Crippen MR) is 89.1 cm³/mol. The van der Waals surface area contributed by atoms with Crippen molar-refractivity contribution in [3.63, 3.8) is 0 Å². The molecule has 1 aromatic carbocycles. The van der Waals surface area contributed by atoms with Gasteiger partial charge in [0.15, 0.2) is 0 Å². The molecule has 1 aromatic rings. The molecular weight excluding hydrogens is 290 g/mol. The van der Waals surface area contributed by atoms with Crippen LogP contribution < -0.4 is 10.1 Å². The van der Waals surface area contributed by atoms with Crippen LogP contribution in [0.5, 0.6) is 5.75 Å². The highest BCUT2D eigenvalue weighted by Crippen LogP contribution is 2.47. The maximum atomic E-state index is 6.15. The second kappa shape index (κ2) is 7.06. The molecule has 4 heteroatoms. The minimum Gasteiger partial charge on any atom is -0.495 e. The lowest BCUT2D eigenvalue weighted by molar-refractivity contribution is 0.400. The zero-order chi connectivity index (χ0) is 14.6. The van der Waals surface area contributed by atoms with Gasteiger partial charge in [-0.2, -0.15) is 11.8 Å². The molecule has 0 amide bonds. The Bertz CT molecular complexity index is 446. The van der Waals surface area contributed by atoms with Crippen LogP contribution in [0.4, 0.5) is 0 Å². The Hall–Kier alpha value is -0.380. The van der Waals surface area contributed by atoms with Gasteiger partial charge in [0.2, 0.25) is 0 Å². The third-order valence-corrected chi connectivity index (χ3v) is 5.87. The van der Waals surface area contributed by atoms with Gasteiger partial charge in [-0.1, -0.05) is 24.6 Å². The fourth-order valence-corrected chi connectivity index (χ4v) is 4.48. The molecule has 2 rings (SSSR count). The van der Waals surface area contributed by atoms with Gasteiger partial charge in [0.25, 0.3) is 0 Å². The molecule has 0 spiro atoms. The first kappa shape index (κ1) is 16.0. The summed E-state index contributed by atoms with van der Waals surface area (Å²) in [5.74, 6) is 2.02. The van der Waals surface area contributed by atoms with Crippen molar-refractivity contribution in [2.75, 3.05) is 19.4 Å². The summed E-state index contributed by atoms with van der Waals surface area (Å²) in [5.41, 5.74) is 1.27.